The Morgan fingerprint density at radius 3 is 2.27 bits per heavy atom. The van der Waals surface area contributed by atoms with Crippen LogP contribution in [0.15, 0.2) is 59.7 Å². The smallest absolute Gasteiger partial charge is 0.433 e. The fourth-order valence-electron chi connectivity index (χ4n) is 6.12. The molecule has 2 amide bonds. The third-order valence-corrected chi connectivity index (χ3v) is 8.66. The maximum atomic E-state index is 14.4. The van der Waals surface area contributed by atoms with Crippen LogP contribution in [0.1, 0.15) is 106 Å². The first-order valence-electron chi connectivity index (χ1n) is 15.2. The van der Waals surface area contributed by atoms with Gasteiger partial charge in [0.25, 0.3) is 11.8 Å². The van der Waals surface area contributed by atoms with Gasteiger partial charge in [-0.2, -0.15) is 13.2 Å². The summed E-state index contributed by atoms with van der Waals surface area (Å²) in [7, 11) is 0. The molecule has 1 spiro atoms. The van der Waals surface area contributed by atoms with Gasteiger partial charge < -0.3 is 15.3 Å². The number of allylic oxidation sites excluding steroid dienone is 1. The van der Waals surface area contributed by atoms with Crippen molar-refractivity contribution in [3.05, 3.63) is 77.1 Å². The molecule has 1 atom stereocenters. The topological polar surface area (TPSA) is 112 Å². The number of carbonyl (C=O) groups is 3. The standard InChI is InChI=1S/C34H41F3N4O4/c1-21(2)22-12-17-33(18-13-22)40-29(25-10-11-27(39-20-25)34(35,36)37)31(45)41(33)26(14-16-32(3,4)5)23-6-8-24(9-7-23)30(44)38-19-15-28(42)43/h6-11,20,22,26H,1,12-19H2,2-5H3,(H,38,44)(H,42,43)/t22?,26-,33?/m1/s1. The van der Waals surface area contributed by atoms with Crippen molar-refractivity contribution < 1.29 is 32.7 Å². The molecule has 0 unspecified atom stereocenters. The number of rotatable bonds is 10. The van der Waals surface area contributed by atoms with E-state index in [0.717, 1.165) is 42.7 Å². The van der Waals surface area contributed by atoms with E-state index in [1.54, 1.807) is 24.3 Å². The lowest BCUT2D eigenvalue weighted by atomic mass is 9.77. The van der Waals surface area contributed by atoms with Crippen LogP contribution < -0.4 is 5.32 Å². The highest BCUT2D eigenvalue weighted by Gasteiger charge is 2.52. The maximum Gasteiger partial charge on any atom is 0.433 e. The van der Waals surface area contributed by atoms with E-state index < -0.39 is 35.5 Å². The van der Waals surface area contributed by atoms with Gasteiger partial charge in [-0.25, -0.2) is 0 Å². The molecule has 1 saturated carbocycles. The van der Waals surface area contributed by atoms with Crippen molar-refractivity contribution in [2.45, 2.75) is 90.5 Å². The van der Waals surface area contributed by atoms with Gasteiger partial charge in [0.2, 0.25) is 0 Å². The molecule has 242 valence electrons. The molecule has 0 radical (unpaired) electrons. The number of amides is 2. The van der Waals surface area contributed by atoms with Gasteiger partial charge in [-0.1, -0.05) is 45.1 Å². The van der Waals surface area contributed by atoms with E-state index in [1.807, 2.05) is 11.8 Å². The number of hydrogen-bond acceptors (Lipinski definition) is 5. The number of carboxylic acid groups (broad SMARTS) is 1. The number of nitrogens with zero attached hydrogens (tertiary/aromatic N) is 3. The summed E-state index contributed by atoms with van der Waals surface area (Å²) >= 11 is 0. The summed E-state index contributed by atoms with van der Waals surface area (Å²) in [6, 6.07) is 8.62. The molecule has 8 nitrogen and oxygen atoms in total. The predicted octanol–water partition coefficient (Wildman–Crippen LogP) is 6.97. The predicted molar refractivity (Wildman–Crippen MR) is 165 cm³/mol. The van der Waals surface area contributed by atoms with E-state index in [2.05, 4.69) is 37.7 Å². The minimum Gasteiger partial charge on any atom is -0.481 e. The van der Waals surface area contributed by atoms with Crippen molar-refractivity contribution >= 4 is 23.5 Å². The van der Waals surface area contributed by atoms with Crippen molar-refractivity contribution in [2.75, 3.05) is 6.54 Å². The van der Waals surface area contributed by atoms with Gasteiger partial charge >= 0.3 is 12.1 Å². The van der Waals surface area contributed by atoms with Crippen LogP contribution in [-0.2, 0) is 15.8 Å². The molecule has 0 bridgehead atoms. The Balaban J connectivity index is 1.73. The number of carbonyl (C=O) groups excluding carboxylic acids is 2. The summed E-state index contributed by atoms with van der Waals surface area (Å²) in [6.45, 7) is 12.5. The fourth-order valence-corrected chi connectivity index (χ4v) is 6.12. The lowest BCUT2D eigenvalue weighted by Crippen LogP contribution is -2.51. The van der Waals surface area contributed by atoms with Crippen LogP contribution in [0.25, 0.3) is 0 Å². The van der Waals surface area contributed by atoms with E-state index in [1.165, 1.54) is 6.07 Å². The lowest BCUT2D eigenvalue weighted by Gasteiger charge is -2.46. The van der Waals surface area contributed by atoms with Crippen molar-refractivity contribution in [2.24, 2.45) is 16.3 Å². The van der Waals surface area contributed by atoms with Crippen LogP contribution in [0.2, 0.25) is 0 Å². The van der Waals surface area contributed by atoms with Crippen molar-refractivity contribution in [3.8, 4) is 0 Å². The summed E-state index contributed by atoms with van der Waals surface area (Å²) in [5.74, 6) is -1.49. The number of hydrogen-bond donors (Lipinski definition) is 2. The molecular formula is C34H41F3N4O4. The van der Waals surface area contributed by atoms with Gasteiger partial charge in [-0.15, -0.1) is 0 Å². The first-order chi connectivity index (χ1) is 21.0. The molecule has 4 rings (SSSR count). The van der Waals surface area contributed by atoms with Crippen molar-refractivity contribution in [1.29, 1.82) is 0 Å². The number of nitrogens with one attached hydrogen (secondary N) is 1. The minimum absolute atomic E-state index is 0.000967. The molecule has 1 aromatic heterocycles. The van der Waals surface area contributed by atoms with Crippen LogP contribution in [-0.4, -0.2) is 50.7 Å². The largest absolute Gasteiger partial charge is 0.481 e. The van der Waals surface area contributed by atoms with E-state index in [0.29, 0.717) is 24.8 Å². The van der Waals surface area contributed by atoms with E-state index in [4.69, 9.17) is 10.1 Å². The summed E-state index contributed by atoms with van der Waals surface area (Å²) in [5.41, 5.74) is 0.571. The van der Waals surface area contributed by atoms with Crippen molar-refractivity contribution in [3.63, 3.8) is 0 Å². The number of aliphatic carboxylic acids is 1. The normalized spacial score (nSPS) is 21.0. The van der Waals surface area contributed by atoms with E-state index >= 15 is 0 Å². The average Bonchev–Trinajstić information content (AvgIpc) is 3.23. The second-order valence-corrected chi connectivity index (χ2v) is 13.3. The van der Waals surface area contributed by atoms with Crippen LogP contribution in [0.5, 0.6) is 0 Å². The first-order valence-corrected chi connectivity index (χ1v) is 15.2. The summed E-state index contributed by atoms with van der Waals surface area (Å²) in [4.78, 5) is 48.2. The molecule has 1 fully saturated rings. The maximum absolute atomic E-state index is 14.4. The molecule has 1 aromatic carbocycles. The molecule has 2 N–H and O–H groups in total. The number of benzene rings is 1. The highest BCUT2D eigenvalue weighted by atomic mass is 19.4. The minimum atomic E-state index is -4.61. The molecular weight excluding hydrogens is 585 g/mol. The van der Waals surface area contributed by atoms with Crippen LogP contribution >= 0.6 is 0 Å². The fraction of sp³-hybridized carbons (Fsp3) is 0.500. The summed E-state index contributed by atoms with van der Waals surface area (Å²) in [6.07, 6.45) is 0.309. The molecule has 11 heteroatoms. The zero-order chi connectivity index (χ0) is 33.2. The highest BCUT2D eigenvalue weighted by Crippen LogP contribution is 2.48. The van der Waals surface area contributed by atoms with Gasteiger partial charge in [-0.3, -0.25) is 24.4 Å². The van der Waals surface area contributed by atoms with Crippen molar-refractivity contribution in [1.82, 2.24) is 15.2 Å². The van der Waals surface area contributed by atoms with Crippen LogP contribution in [0.4, 0.5) is 13.2 Å². The molecule has 2 aromatic rings. The average molecular weight is 627 g/mol. The van der Waals surface area contributed by atoms with Gasteiger partial charge in [-0.05, 0) is 86.6 Å². The van der Waals surface area contributed by atoms with Gasteiger partial charge in [0.15, 0.2) is 0 Å². The third-order valence-electron chi connectivity index (χ3n) is 8.66. The van der Waals surface area contributed by atoms with Crippen LogP contribution in [0.3, 0.4) is 0 Å². The quantitative estimate of drug-likeness (QED) is 0.277. The van der Waals surface area contributed by atoms with Crippen LogP contribution in [0, 0.1) is 11.3 Å². The number of alkyl halides is 3. The van der Waals surface area contributed by atoms with E-state index in [9.17, 15) is 27.6 Å². The second-order valence-electron chi connectivity index (χ2n) is 13.3. The SMILES string of the molecule is C=C(C)C1CCC2(CC1)N=C(c1ccc(C(F)(F)F)nc1)C(=O)N2[C@H](CCC(C)(C)C)c1ccc(C(=O)NCCC(=O)O)cc1. The lowest BCUT2D eigenvalue weighted by molar-refractivity contribution is -0.141. The molecule has 1 aliphatic heterocycles. The summed E-state index contributed by atoms with van der Waals surface area (Å²) in [5, 5.41) is 11.5. The third kappa shape index (κ3) is 7.99. The van der Waals surface area contributed by atoms with Gasteiger partial charge in [0.1, 0.15) is 17.1 Å². The highest BCUT2D eigenvalue weighted by molar-refractivity contribution is 6.46. The monoisotopic (exact) mass is 626 g/mol. The Hall–Kier alpha value is -4.02. The number of pyridine rings is 1. The number of aromatic nitrogens is 1. The molecule has 1 aliphatic carbocycles. The molecule has 45 heavy (non-hydrogen) atoms. The number of aliphatic imine (C=N–C) groups is 1. The number of carboxylic acids is 1. The Morgan fingerprint density at radius 1 is 1.11 bits per heavy atom. The molecule has 0 saturated heterocycles. The van der Waals surface area contributed by atoms with Gasteiger partial charge in [0.05, 0.1) is 12.5 Å². The Morgan fingerprint density at radius 2 is 1.76 bits per heavy atom. The zero-order valence-electron chi connectivity index (χ0n) is 26.2. The van der Waals surface area contributed by atoms with Gasteiger partial charge in [0, 0.05) is 23.9 Å². The summed E-state index contributed by atoms with van der Waals surface area (Å²) < 4.78 is 39.7. The number of halogens is 3. The zero-order valence-corrected chi connectivity index (χ0v) is 26.2. The van der Waals surface area contributed by atoms with E-state index in [-0.39, 0.29) is 41.5 Å². The molecule has 2 heterocycles. The first kappa shape index (κ1) is 33.9. The second kappa shape index (κ2) is 13.1. The Kier molecular flexibility index (Phi) is 9.89. The Bertz CT molecular complexity index is 1450. The molecule has 2 aliphatic rings. The Labute approximate surface area is 261 Å².